The van der Waals surface area contributed by atoms with Gasteiger partial charge in [0.1, 0.15) is 73.2 Å². The van der Waals surface area contributed by atoms with Gasteiger partial charge in [0.25, 0.3) is 0 Å². The average Bonchev–Trinajstić information content (AvgIpc) is 0.779. The first-order chi connectivity index (χ1) is 52.8. The van der Waals surface area contributed by atoms with Crippen LogP contribution >= 0.6 is 0 Å². The van der Waals surface area contributed by atoms with Crippen molar-refractivity contribution in [2.75, 3.05) is 26.4 Å². The Morgan fingerprint density at radius 3 is 0.870 bits per heavy atom. The molecule has 19 nitrogen and oxygen atoms in total. The van der Waals surface area contributed by atoms with E-state index in [-0.39, 0.29) is 18.9 Å². The van der Waals surface area contributed by atoms with Gasteiger partial charge in [-0.15, -0.1) is 0 Å². The van der Waals surface area contributed by atoms with Gasteiger partial charge in [0.05, 0.1) is 38.6 Å². The van der Waals surface area contributed by atoms with E-state index in [4.69, 9.17) is 28.4 Å². The molecular formula is C89H171NO18. The number of hydrogen-bond acceptors (Lipinski definition) is 18. The normalized spacial score (nSPS) is 25.4. The summed E-state index contributed by atoms with van der Waals surface area (Å²) < 4.78 is 34.5. The number of unbranched alkanes of at least 4 members (excludes halogenated alkanes) is 60. The zero-order valence-electron chi connectivity index (χ0n) is 69.1. The molecule has 108 heavy (non-hydrogen) atoms. The number of allylic oxidation sites excluding steroid dienone is 1. The molecule has 0 aliphatic carbocycles. The quantitative estimate of drug-likeness (QED) is 0.0199. The molecule has 0 aromatic heterocycles. The summed E-state index contributed by atoms with van der Waals surface area (Å²) in [6, 6.07) is -0.971. The van der Waals surface area contributed by atoms with E-state index >= 15 is 0 Å². The molecule has 3 saturated heterocycles. The molecule has 0 saturated carbocycles. The highest BCUT2D eigenvalue weighted by molar-refractivity contribution is 5.76. The van der Waals surface area contributed by atoms with Crippen LogP contribution in [0.2, 0.25) is 0 Å². The van der Waals surface area contributed by atoms with Crippen molar-refractivity contribution >= 4 is 5.91 Å². The fourth-order valence-corrected chi connectivity index (χ4v) is 16.0. The highest BCUT2D eigenvalue weighted by Crippen LogP contribution is 2.34. The summed E-state index contributed by atoms with van der Waals surface area (Å²) in [5.41, 5.74) is 0. The second kappa shape index (κ2) is 69.8. The van der Waals surface area contributed by atoms with Gasteiger partial charge in [-0.2, -0.15) is 0 Å². The maximum Gasteiger partial charge on any atom is 0.220 e. The Morgan fingerprint density at radius 2 is 0.574 bits per heavy atom. The summed E-state index contributed by atoms with van der Waals surface area (Å²) in [5.74, 6) is -0.264. The van der Waals surface area contributed by atoms with Gasteiger partial charge in [0.2, 0.25) is 5.91 Å². The molecule has 0 aromatic rings. The fraction of sp³-hybridized carbons (Fsp3) is 0.966. The van der Waals surface area contributed by atoms with Crippen LogP contribution in [0.4, 0.5) is 0 Å². The van der Waals surface area contributed by atoms with Gasteiger partial charge in [-0.25, -0.2) is 0 Å². The second-order valence-corrected chi connectivity index (χ2v) is 33.1. The van der Waals surface area contributed by atoms with Crippen LogP contribution in [-0.4, -0.2) is 193 Å². The average molecular weight is 1540 g/mol. The molecule has 3 rings (SSSR count). The number of aliphatic hydroxyl groups excluding tert-OH is 11. The van der Waals surface area contributed by atoms with Crippen LogP contribution in [0.1, 0.15) is 418 Å². The smallest absolute Gasteiger partial charge is 0.220 e. The first-order valence-corrected chi connectivity index (χ1v) is 45.9. The molecule has 1 amide bonds. The highest BCUT2D eigenvalue weighted by Gasteiger charge is 2.54. The lowest BCUT2D eigenvalue weighted by molar-refractivity contribution is -0.379. The topological polar surface area (TPSA) is 307 Å². The number of nitrogens with one attached hydrogen (secondary N) is 1. The van der Waals surface area contributed by atoms with Gasteiger partial charge < -0.3 is 89.9 Å². The molecule has 0 spiro atoms. The summed E-state index contributed by atoms with van der Waals surface area (Å²) in [5, 5.41) is 121. The number of rotatable bonds is 76. The Balaban J connectivity index is 1.32. The monoisotopic (exact) mass is 1540 g/mol. The third-order valence-corrected chi connectivity index (χ3v) is 23.3. The molecule has 12 N–H and O–H groups in total. The molecule has 3 heterocycles. The summed E-state index contributed by atoms with van der Waals surface area (Å²) in [6.07, 6.45) is 59.5. The molecule has 3 aliphatic heterocycles. The molecule has 17 unspecified atom stereocenters. The third kappa shape index (κ3) is 48.2. The Morgan fingerprint density at radius 1 is 0.324 bits per heavy atom. The van der Waals surface area contributed by atoms with E-state index in [0.717, 1.165) is 44.9 Å². The van der Waals surface area contributed by atoms with Gasteiger partial charge in [-0.05, 0) is 19.3 Å². The number of ether oxygens (including phenoxy) is 6. The zero-order chi connectivity index (χ0) is 78.1. The molecule has 0 radical (unpaired) electrons. The number of hydrogen-bond donors (Lipinski definition) is 12. The van der Waals surface area contributed by atoms with Crippen LogP contribution in [0.3, 0.4) is 0 Å². The zero-order valence-corrected chi connectivity index (χ0v) is 69.1. The number of amides is 1. The number of carbonyl (C=O) groups excluding carboxylic acids is 1. The van der Waals surface area contributed by atoms with Crippen molar-refractivity contribution in [3.05, 3.63) is 12.2 Å². The lowest BCUT2D eigenvalue weighted by Gasteiger charge is -2.48. The summed E-state index contributed by atoms with van der Waals surface area (Å²) >= 11 is 0. The van der Waals surface area contributed by atoms with E-state index in [1.54, 1.807) is 6.08 Å². The van der Waals surface area contributed by atoms with E-state index in [0.29, 0.717) is 6.42 Å². The lowest BCUT2D eigenvalue weighted by atomic mass is 9.96. The van der Waals surface area contributed by atoms with Crippen molar-refractivity contribution in [3.8, 4) is 0 Å². The second-order valence-electron chi connectivity index (χ2n) is 33.1. The van der Waals surface area contributed by atoms with Gasteiger partial charge in [-0.3, -0.25) is 4.79 Å². The highest BCUT2D eigenvalue weighted by atomic mass is 16.8. The predicted octanol–water partition coefficient (Wildman–Crippen LogP) is 17.5. The molecular weight excluding hydrogens is 1370 g/mol. The first kappa shape index (κ1) is 101. The lowest BCUT2D eigenvalue weighted by Crippen LogP contribution is -2.66. The Hall–Kier alpha value is -1.47. The van der Waals surface area contributed by atoms with Gasteiger partial charge >= 0.3 is 0 Å². The van der Waals surface area contributed by atoms with Crippen molar-refractivity contribution < 1.29 is 89.4 Å². The summed E-state index contributed by atoms with van der Waals surface area (Å²) in [7, 11) is 0. The van der Waals surface area contributed by atoms with E-state index in [1.165, 1.54) is 347 Å². The minimum absolute atomic E-state index is 0.251. The maximum absolute atomic E-state index is 13.5. The SMILES string of the molecule is CCCCCCCCCCCCCCCCCCCCCCCCCCCCCCCC/C=C/C(O)C(COC1OC(CO)C(OC2OC(CO)C(OC3OC(CO)C(O)C(O)C3O)C(O)C2O)C(O)C1O)NC(=O)CCCCCCCCCCCCCCCCCCCCCCCCCCCCCCCCC. The van der Waals surface area contributed by atoms with E-state index in [2.05, 4.69) is 19.2 Å². The van der Waals surface area contributed by atoms with Crippen molar-refractivity contribution in [3.63, 3.8) is 0 Å². The van der Waals surface area contributed by atoms with E-state index in [1.807, 2.05) is 6.08 Å². The Bertz CT molecular complexity index is 1990. The predicted molar refractivity (Wildman–Crippen MR) is 434 cm³/mol. The van der Waals surface area contributed by atoms with Crippen LogP contribution in [0.15, 0.2) is 12.2 Å². The van der Waals surface area contributed by atoms with Gasteiger partial charge in [0, 0.05) is 6.42 Å². The number of carbonyl (C=O) groups is 1. The van der Waals surface area contributed by atoms with Gasteiger partial charge in [-0.1, -0.05) is 405 Å². The fourth-order valence-electron chi connectivity index (χ4n) is 16.0. The summed E-state index contributed by atoms with van der Waals surface area (Å²) in [4.78, 5) is 13.5. The third-order valence-electron chi connectivity index (χ3n) is 23.3. The molecule has 3 aliphatic rings. The standard InChI is InChI=1S/C89H171NO18/c1-3-5-7-9-11-13-15-17-19-21-23-25-27-29-31-33-35-37-38-40-42-44-46-48-50-52-54-56-58-60-62-64-66-73(94)72(90-77(95)67-65-63-61-59-57-55-53-51-49-47-45-43-41-39-36-34-32-30-28-26-24-22-20-18-16-14-12-10-8-6-4-2)71-103-87-83(101)80(98)85(75(69-92)105-87)108-89-84(102)81(99)86(76(70-93)106-89)107-88-82(100)79(97)78(96)74(68-91)104-88/h64,66,72-76,78-89,91-94,96-102H,3-63,65,67-71H2,1-2H3,(H,90,95)/b66-64+. The first-order valence-electron chi connectivity index (χ1n) is 45.9. The molecule has 3 fully saturated rings. The molecule has 0 aromatic carbocycles. The van der Waals surface area contributed by atoms with Crippen LogP contribution in [0.5, 0.6) is 0 Å². The minimum atomic E-state index is -1.98. The van der Waals surface area contributed by atoms with Crippen molar-refractivity contribution in [2.24, 2.45) is 0 Å². The summed E-state index contributed by atoms with van der Waals surface area (Å²) in [6.45, 7) is 1.82. The number of aliphatic hydroxyl groups is 11. The van der Waals surface area contributed by atoms with Gasteiger partial charge in [0.15, 0.2) is 18.9 Å². The van der Waals surface area contributed by atoms with E-state index < -0.39 is 124 Å². The van der Waals surface area contributed by atoms with Crippen molar-refractivity contribution in [2.45, 2.75) is 523 Å². The van der Waals surface area contributed by atoms with Crippen LogP contribution in [-0.2, 0) is 33.2 Å². The minimum Gasteiger partial charge on any atom is -0.394 e. The van der Waals surface area contributed by atoms with Crippen LogP contribution in [0, 0.1) is 0 Å². The molecule has 19 heteroatoms. The largest absolute Gasteiger partial charge is 0.394 e. The van der Waals surface area contributed by atoms with Crippen LogP contribution < -0.4 is 5.32 Å². The molecule has 640 valence electrons. The van der Waals surface area contributed by atoms with Crippen molar-refractivity contribution in [1.29, 1.82) is 0 Å². The van der Waals surface area contributed by atoms with Crippen LogP contribution in [0.25, 0.3) is 0 Å². The Labute approximate surface area is 658 Å². The molecule has 0 bridgehead atoms. The van der Waals surface area contributed by atoms with E-state index in [9.17, 15) is 61.0 Å². The maximum atomic E-state index is 13.5. The van der Waals surface area contributed by atoms with Crippen molar-refractivity contribution in [1.82, 2.24) is 5.32 Å². The molecule has 17 atom stereocenters. The Kier molecular flexibility index (Phi) is 65.1.